The zero-order valence-corrected chi connectivity index (χ0v) is 18.9. The second kappa shape index (κ2) is 10.9. The molecule has 0 saturated carbocycles. The fraction of sp³-hybridized carbons (Fsp3) is 0.458. The fourth-order valence-corrected chi connectivity index (χ4v) is 3.95. The summed E-state index contributed by atoms with van der Waals surface area (Å²) in [6.07, 6.45) is 1.16. The molecule has 0 atom stereocenters. The van der Waals surface area contributed by atoms with Crippen LogP contribution < -0.4 is 23.8 Å². The molecule has 1 aliphatic rings. The molecule has 31 heavy (non-hydrogen) atoms. The Morgan fingerprint density at radius 3 is 2.06 bits per heavy atom. The third-order valence-electron chi connectivity index (χ3n) is 5.76. The van der Waals surface area contributed by atoms with E-state index in [1.54, 1.807) is 28.4 Å². The van der Waals surface area contributed by atoms with Gasteiger partial charge in [0, 0.05) is 18.1 Å². The molecular weight excluding hydrogens is 396 g/mol. The molecule has 7 nitrogen and oxygen atoms in total. The third kappa shape index (κ3) is 6.04. The maximum Gasteiger partial charge on any atom is 0.223 e. The lowest BCUT2D eigenvalue weighted by Gasteiger charge is -2.32. The van der Waals surface area contributed by atoms with Crippen molar-refractivity contribution in [2.75, 3.05) is 54.6 Å². The number of piperazine rings is 1. The largest absolute Gasteiger partial charge is 0.497 e. The van der Waals surface area contributed by atoms with E-state index in [1.807, 2.05) is 35.2 Å². The van der Waals surface area contributed by atoms with Crippen LogP contribution in [0.2, 0.25) is 0 Å². The first-order valence-corrected chi connectivity index (χ1v) is 10.6. The second-order valence-electron chi connectivity index (χ2n) is 7.72. The van der Waals surface area contributed by atoms with E-state index in [0.717, 1.165) is 61.3 Å². The first-order chi connectivity index (χ1) is 15.1. The molecule has 0 unspecified atom stereocenters. The highest BCUT2D eigenvalue weighted by Gasteiger charge is 2.24. The average molecular weight is 430 g/mol. The van der Waals surface area contributed by atoms with Crippen LogP contribution in [0.5, 0.6) is 23.0 Å². The Bertz CT molecular complexity index is 856. The van der Waals surface area contributed by atoms with Crippen LogP contribution in [0, 0.1) is 0 Å². The van der Waals surface area contributed by atoms with E-state index in [1.165, 1.54) is 10.5 Å². The number of methoxy groups -OCH3 is 4. The van der Waals surface area contributed by atoms with Crippen LogP contribution in [0.15, 0.2) is 36.4 Å². The first kappa shape index (κ1) is 22.7. The summed E-state index contributed by atoms with van der Waals surface area (Å²) in [5, 5.41) is 0. The summed E-state index contributed by atoms with van der Waals surface area (Å²) in [6, 6.07) is 11.8. The topological polar surface area (TPSA) is 61.7 Å². The minimum absolute atomic E-state index is 0.201. The van der Waals surface area contributed by atoms with Crippen LogP contribution >= 0.6 is 0 Å². The minimum atomic E-state index is 0.201. The van der Waals surface area contributed by atoms with Crippen molar-refractivity contribution in [2.45, 2.75) is 19.4 Å². The van der Waals surface area contributed by atoms with Crippen LogP contribution in [-0.2, 0) is 17.8 Å². The lowest BCUT2D eigenvalue weighted by Crippen LogP contribution is -3.13. The fourth-order valence-electron chi connectivity index (χ4n) is 3.95. The quantitative estimate of drug-likeness (QED) is 0.656. The number of carbonyl (C=O) groups excluding carboxylic acids is 1. The van der Waals surface area contributed by atoms with Gasteiger partial charge in [-0.2, -0.15) is 0 Å². The normalized spacial score (nSPS) is 14.3. The average Bonchev–Trinajstić information content (AvgIpc) is 2.82. The Balaban J connectivity index is 1.49. The molecule has 2 aromatic carbocycles. The predicted molar refractivity (Wildman–Crippen MR) is 118 cm³/mol. The van der Waals surface area contributed by atoms with Gasteiger partial charge in [0.15, 0.2) is 11.5 Å². The van der Waals surface area contributed by atoms with Gasteiger partial charge in [-0.1, -0.05) is 0 Å². The molecule has 0 spiro atoms. The number of amides is 1. The van der Waals surface area contributed by atoms with Crippen molar-refractivity contribution in [2.24, 2.45) is 0 Å². The van der Waals surface area contributed by atoms with Gasteiger partial charge in [-0.3, -0.25) is 4.79 Å². The van der Waals surface area contributed by atoms with E-state index in [0.29, 0.717) is 12.8 Å². The van der Waals surface area contributed by atoms with Gasteiger partial charge in [-0.15, -0.1) is 0 Å². The standard InChI is InChI=1S/C24H32N2O5/c1-28-20-13-18(14-21(16-20)29-2)6-8-24(27)26-11-9-25(10-12-26)17-19-5-7-22(30-3)23(15-19)31-4/h5,7,13-16H,6,8-12,17H2,1-4H3/p+1. The van der Waals surface area contributed by atoms with Crippen molar-refractivity contribution in [3.05, 3.63) is 47.5 Å². The lowest BCUT2D eigenvalue weighted by molar-refractivity contribution is -0.917. The van der Waals surface area contributed by atoms with Gasteiger partial charge in [0.25, 0.3) is 0 Å². The Labute approximate surface area is 184 Å². The van der Waals surface area contributed by atoms with E-state index in [4.69, 9.17) is 18.9 Å². The molecule has 1 N–H and O–H groups in total. The van der Waals surface area contributed by atoms with E-state index < -0.39 is 0 Å². The predicted octanol–water partition coefficient (Wildman–Crippen LogP) is 1.58. The zero-order valence-electron chi connectivity index (χ0n) is 18.9. The van der Waals surface area contributed by atoms with Gasteiger partial charge in [0.05, 0.1) is 54.6 Å². The molecule has 1 fully saturated rings. The summed E-state index contributed by atoms with van der Waals surface area (Å²) < 4.78 is 21.3. The van der Waals surface area contributed by atoms with E-state index in [9.17, 15) is 4.79 Å². The monoisotopic (exact) mass is 429 g/mol. The van der Waals surface area contributed by atoms with Crippen molar-refractivity contribution in [1.82, 2.24) is 4.90 Å². The number of aryl methyl sites for hydroxylation is 1. The molecule has 1 amide bonds. The van der Waals surface area contributed by atoms with Crippen LogP contribution in [0.1, 0.15) is 17.5 Å². The van der Waals surface area contributed by atoms with Gasteiger partial charge < -0.3 is 28.7 Å². The highest BCUT2D eigenvalue weighted by molar-refractivity contribution is 5.76. The van der Waals surface area contributed by atoms with Gasteiger partial charge >= 0.3 is 0 Å². The van der Waals surface area contributed by atoms with Gasteiger partial charge in [0.1, 0.15) is 18.0 Å². The smallest absolute Gasteiger partial charge is 0.223 e. The summed E-state index contributed by atoms with van der Waals surface area (Å²) in [7, 11) is 6.56. The molecule has 3 rings (SSSR count). The SMILES string of the molecule is COc1cc(CCC(=O)N2CC[NH+](Cc3ccc(OC)c(OC)c3)CC2)cc(OC)c1. The summed E-state index contributed by atoms with van der Waals surface area (Å²) >= 11 is 0. The molecule has 1 saturated heterocycles. The van der Waals surface area contributed by atoms with E-state index in [-0.39, 0.29) is 5.91 Å². The second-order valence-corrected chi connectivity index (χ2v) is 7.72. The minimum Gasteiger partial charge on any atom is -0.497 e. The summed E-state index contributed by atoms with van der Waals surface area (Å²) in [5.74, 6) is 3.18. The molecule has 1 aliphatic heterocycles. The van der Waals surface area contributed by atoms with Crippen molar-refractivity contribution in [3.63, 3.8) is 0 Å². The van der Waals surface area contributed by atoms with Gasteiger partial charge in [0.2, 0.25) is 5.91 Å². The first-order valence-electron chi connectivity index (χ1n) is 10.6. The molecular formula is C24H33N2O5+. The Morgan fingerprint density at radius 1 is 0.839 bits per heavy atom. The van der Waals surface area contributed by atoms with Gasteiger partial charge in [-0.25, -0.2) is 0 Å². The number of nitrogens with one attached hydrogen (secondary N) is 1. The molecule has 0 aliphatic carbocycles. The summed E-state index contributed by atoms with van der Waals surface area (Å²) in [6.45, 7) is 4.35. The van der Waals surface area contributed by atoms with Crippen molar-refractivity contribution < 1.29 is 28.6 Å². The number of nitrogens with zero attached hydrogens (tertiary/aromatic N) is 1. The van der Waals surface area contributed by atoms with E-state index >= 15 is 0 Å². The molecule has 2 aromatic rings. The molecule has 168 valence electrons. The zero-order chi connectivity index (χ0) is 22.2. The Morgan fingerprint density at radius 2 is 1.48 bits per heavy atom. The highest BCUT2D eigenvalue weighted by Crippen LogP contribution is 2.27. The van der Waals surface area contributed by atoms with Crippen molar-refractivity contribution in [3.8, 4) is 23.0 Å². The number of ether oxygens (including phenoxy) is 4. The number of carbonyl (C=O) groups is 1. The highest BCUT2D eigenvalue weighted by atomic mass is 16.5. The maximum absolute atomic E-state index is 12.7. The van der Waals surface area contributed by atoms with Crippen LogP contribution in [0.25, 0.3) is 0 Å². The van der Waals surface area contributed by atoms with Crippen LogP contribution in [0.3, 0.4) is 0 Å². The molecule has 0 radical (unpaired) electrons. The number of quaternary nitrogens is 1. The molecule has 1 heterocycles. The number of benzene rings is 2. The Hall–Kier alpha value is -2.93. The maximum atomic E-state index is 12.7. The number of hydrogen-bond acceptors (Lipinski definition) is 5. The number of hydrogen-bond donors (Lipinski definition) is 1. The van der Waals surface area contributed by atoms with E-state index in [2.05, 4.69) is 6.07 Å². The van der Waals surface area contributed by atoms with Gasteiger partial charge in [-0.05, 0) is 42.3 Å². The van der Waals surface area contributed by atoms with Crippen molar-refractivity contribution in [1.29, 1.82) is 0 Å². The molecule has 0 bridgehead atoms. The molecule has 7 heteroatoms. The Kier molecular flexibility index (Phi) is 8.00. The number of rotatable bonds is 9. The molecule has 0 aromatic heterocycles. The lowest BCUT2D eigenvalue weighted by atomic mass is 10.1. The summed E-state index contributed by atoms with van der Waals surface area (Å²) in [4.78, 5) is 16.2. The van der Waals surface area contributed by atoms with Crippen LogP contribution in [-0.4, -0.2) is 65.4 Å². The third-order valence-corrected chi connectivity index (χ3v) is 5.76. The summed E-state index contributed by atoms with van der Waals surface area (Å²) in [5.41, 5.74) is 2.25. The van der Waals surface area contributed by atoms with Crippen LogP contribution in [0.4, 0.5) is 0 Å². The van der Waals surface area contributed by atoms with Crippen molar-refractivity contribution >= 4 is 5.91 Å².